The van der Waals surface area contributed by atoms with Crippen LogP contribution in [0.2, 0.25) is 0 Å². The van der Waals surface area contributed by atoms with Gasteiger partial charge in [-0.1, -0.05) is 79.5 Å². The second kappa shape index (κ2) is 27.1. The van der Waals surface area contributed by atoms with E-state index in [9.17, 15) is 19.2 Å². The van der Waals surface area contributed by atoms with Crippen molar-refractivity contribution in [2.75, 3.05) is 33.9 Å². The van der Waals surface area contributed by atoms with Crippen molar-refractivity contribution in [1.29, 1.82) is 0 Å². The topological polar surface area (TPSA) is 184 Å². The maximum absolute atomic E-state index is 13.2. The molecule has 0 saturated heterocycles. The van der Waals surface area contributed by atoms with Crippen LogP contribution in [0.1, 0.15) is 91.9 Å². The lowest BCUT2D eigenvalue weighted by Crippen LogP contribution is -2.46. The van der Waals surface area contributed by atoms with Crippen molar-refractivity contribution in [1.82, 2.24) is 40.4 Å². The van der Waals surface area contributed by atoms with Gasteiger partial charge < -0.3 is 44.6 Å². The molecule has 5 aromatic rings. The van der Waals surface area contributed by atoms with Crippen LogP contribution >= 0.6 is 0 Å². The Kier molecular flexibility index (Phi) is 22.5. The molecule has 4 amide bonds. The number of aromatic nitrogens is 4. The Morgan fingerprint density at radius 2 is 1.42 bits per heavy atom. The van der Waals surface area contributed by atoms with Crippen LogP contribution in [0.25, 0.3) is 44.2 Å². The van der Waals surface area contributed by atoms with Crippen molar-refractivity contribution < 1.29 is 33.4 Å². The molecule has 1 aliphatic rings. The van der Waals surface area contributed by atoms with Crippen LogP contribution in [0.4, 0.5) is 9.59 Å². The molecule has 0 radical (unpaired) electrons. The number of carbonyl (C=O) groups excluding carboxylic acids is 4. The normalized spacial score (nSPS) is 11.1. The van der Waals surface area contributed by atoms with Crippen molar-refractivity contribution >= 4 is 45.8 Å². The second-order valence-electron chi connectivity index (χ2n) is 15.0. The Hall–Kier alpha value is -7.00. The minimum absolute atomic E-state index is 0.104. The zero-order valence-electron chi connectivity index (χ0n) is 39.1. The monoisotopic (exact) mass is 879 g/mol. The highest BCUT2D eigenvalue weighted by molar-refractivity contribution is 6.07. The first-order valence-electron chi connectivity index (χ1n) is 21.5. The first-order chi connectivity index (χ1) is 30.8. The minimum atomic E-state index is -0.662. The molecule has 1 atom stereocenters. The molecule has 15 nitrogen and oxygen atoms in total. The lowest BCUT2D eigenvalue weighted by atomic mass is 9.92. The van der Waals surface area contributed by atoms with Gasteiger partial charge in [-0.15, -0.1) is 25.7 Å². The minimum Gasteiger partial charge on any atom is -0.488 e. The Balaban J connectivity index is 0.00000130. The molecule has 0 spiro atoms. The number of aromatic amines is 2. The summed E-state index contributed by atoms with van der Waals surface area (Å²) < 4.78 is 15.5. The lowest BCUT2D eigenvalue weighted by Gasteiger charge is -2.31. The highest BCUT2D eigenvalue weighted by atomic mass is 16.5. The first-order valence-corrected chi connectivity index (χ1v) is 21.5. The third-order valence-electron chi connectivity index (χ3n) is 9.76. The van der Waals surface area contributed by atoms with E-state index in [2.05, 4.69) is 107 Å². The largest absolute Gasteiger partial charge is 0.488 e. The Labute approximate surface area is 378 Å². The number of nitrogens with one attached hydrogen (secondary N) is 4. The summed E-state index contributed by atoms with van der Waals surface area (Å²) in [6.07, 6.45) is 19.7. The number of ether oxygens (including phenoxy) is 3. The smallest absolute Gasteiger partial charge is 0.407 e. The van der Waals surface area contributed by atoms with Crippen molar-refractivity contribution in [3.8, 4) is 53.8 Å². The molecule has 6 rings (SSSR count). The number of rotatable bonds is 13. The summed E-state index contributed by atoms with van der Waals surface area (Å²) in [5, 5.41) is 6.85. The van der Waals surface area contributed by atoms with Gasteiger partial charge in [-0.2, -0.15) is 0 Å². The van der Waals surface area contributed by atoms with E-state index in [-0.39, 0.29) is 50.0 Å². The maximum Gasteiger partial charge on any atom is 0.407 e. The summed E-state index contributed by atoms with van der Waals surface area (Å²) in [4.78, 5) is 68.6. The number of nitrogens with zero attached hydrogens (tertiary/aromatic N) is 4. The van der Waals surface area contributed by atoms with Crippen molar-refractivity contribution in [2.24, 2.45) is 5.92 Å². The van der Waals surface area contributed by atoms with Gasteiger partial charge in [0.2, 0.25) is 11.8 Å². The van der Waals surface area contributed by atoms with Crippen LogP contribution in [0, 0.1) is 31.6 Å². The predicted octanol–water partition coefficient (Wildman–Crippen LogP) is 8.82. The number of methoxy groups -OCH3 is 2. The van der Waals surface area contributed by atoms with Crippen LogP contribution in [0.5, 0.6) is 5.75 Å². The molecule has 3 aromatic carbocycles. The van der Waals surface area contributed by atoms with Gasteiger partial charge in [-0.25, -0.2) is 19.6 Å². The van der Waals surface area contributed by atoms with E-state index in [1.807, 2.05) is 52.0 Å². The fourth-order valence-electron chi connectivity index (χ4n) is 6.55. The third-order valence-corrected chi connectivity index (χ3v) is 9.76. The molecule has 2 aromatic heterocycles. The Morgan fingerprint density at radius 1 is 0.797 bits per heavy atom. The number of benzene rings is 3. The molecule has 344 valence electrons. The zero-order valence-corrected chi connectivity index (χ0v) is 39.1. The molecule has 3 heterocycles. The summed E-state index contributed by atoms with van der Waals surface area (Å²) in [7, 11) is 2.51. The van der Waals surface area contributed by atoms with E-state index < -0.39 is 12.2 Å². The SMILES string of the molecule is C#C.C#C.CCC.CCC.CCCN(Cc1ncc(-c2ccc3c(c2)COc2cc4c(ccc5[nH]c(CN(C(=O)CNC(=O)OC)[C@H](C)C(C)C)nc54)cc2-3)[nH]1)C(=O)CNC(=O)OC. The molecule has 0 fully saturated rings. The maximum atomic E-state index is 13.2. The number of H-pyrrole nitrogens is 2. The molecule has 0 aliphatic carbocycles. The van der Waals surface area contributed by atoms with Gasteiger partial charge in [-0.3, -0.25) is 9.59 Å². The van der Waals surface area contributed by atoms with Crippen LogP contribution in [-0.2, 0) is 38.8 Å². The second-order valence-corrected chi connectivity index (χ2v) is 15.0. The van der Waals surface area contributed by atoms with E-state index in [1.165, 1.54) is 27.1 Å². The number of fused-ring (bicyclic) bond motifs is 6. The van der Waals surface area contributed by atoms with Gasteiger partial charge in [-0.05, 0) is 65.6 Å². The highest BCUT2D eigenvalue weighted by Crippen LogP contribution is 2.42. The Morgan fingerprint density at radius 3 is 2.02 bits per heavy atom. The highest BCUT2D eigenvalue weighted by Gasteiger charge is 2.26. The standard InChI is InChI=1S/C39H46N8O7.2C3H8.2C2H2/c1-7-12-46(35(48)17-41-38(50)52-5)19-33-40-16-31(44-33)25-8-10-27-26(13-25)21-54-32-15-28-24(14-29(27)32)9-11-30-37(28)45-34(43-30)20-47(23(4)22(2)3)36(49)18-42-39(51)53-6;2*1-3-2;2*1-2/h8-11,13-16,22-23H,7,12,17-21H2,1-6H3,(H,40,44)(H,41,50)(H,42,51)(H,43,45);2*3H2,1-2H3;2*1-2H/t23-;;;;/m1..../s1. The summed E-state index contributed by atoms with van der Waals surface area (Å²) in [5.74, 6) is 1.74. The van der Waals surface area contributed by atoms with Gasteiger partial charge in [0, 0.05) is 23.5 Å². The molecule has 4 N–H and O–H groups in total. The summed E-state index contributed by atoms with van der Waals surface area (Å²) in [6, 6.07) is 14.3. The molecule has 0 saturated carbocycles. The van der Waals surface area contributed by atoms with Gasteiger partial charge in [0.05, 0.1) is 50.2 Å². The predicted molar refractivity (Wildman–Crippen MR) is 254 cm³/mol. The Bertz CT molecular complexity index is 2320. The number of hydrogen-bond donors (Lipinski definition) is 4. The fourth-order valence-corrected chi connectivity index (χ4v) is 6.55. The van der Waals surface area contributed by atoms with Crippen LogP contribution in [0.15, 0.2) is 48.7 Å². The van der Waals surface area contributed by atoms with Crippen molar-refractivity contribution in [3.05, 3.63) is 65.9 Å². The number of alkyl carbamates (subject to hydrolysis) is 2. The van der Waals surface area contributed by atoms with Crippen LogP contribution < -0.4 is 15.4 Å². The van der Waals surface area contributed by atoms with E-state index in [0.717, 1.165) is 61.9 Å². The average Bonchev–Trinajstić information content (AvgIpc) is 3.97. The lowest BCUT2D eigenvalue weighted by molar-refractivity contribution is -0.134. The first kappa shape index (κ1) is 53.1. The van der Waals surface area contributed by atoms with Crippen LogP contribution in [-0.4, -0.2) is 93.6 Å². The molecule has 64 heavy (non-hydrogen) atoms. The van der Waals surface area contributed by atoms with Gasteiger partial charge in [0.25, 0.3) is 0 Å². The molecule has 0 bridgehead atoms. The van der Waals surface area contributed by atoms with Gasteiger partial charge in [0.15, 0.2) is 0 Å². The quantitative estimate of drug-likeness (QED) is 0.0840. The van der Waals surface area contributed by atoms with E-state index >= 15 is 0 Å². The zero-order chi connectivity index (χ0) is 47.9. The van der Waals surface area contributed by atoms with E-state index in [1.54, 1.807) is 16.0 Å². The third kappa shape index (κ3) is 14.3. The fraction of sp³-hybridized carbons (Fsp3) is 0.429. The summed E-state index contributed by atoms with van der Waals surface area (Å²) >= 11 is 0. The molecular formula is C49H66N8O7. The number of hydrogen-bond acceptors (Lipinski definition) is 9. The summed E-state index contributed by atoms with van der Waals surface area (Å²) in [5.41, 5.74) is 6.45. The van der Waals surface area contributed by atoms with E-state index in [0.29, 0.717) is 24.8 Å². The van der Waals surface area contributed by atoms with Crippen molar-refractivity contribution in [3.63, 3.8) is 0 Å². The van der Waals surface area contributed by atoms with Gasteiger partial charge in [0.1, 0.15) is 37.1 Å². The molecule has 15 heteroatoms. The summed E-state index contributed by atoms with van der Waals surface area (Å²) in [6.45, 7) is 17.6. The molecule has 0 unspecified atom stereocenters. The number of carbonyl (C=O) groups is 4. The molecule has 1 aliphatic heterocycles. The van der Waals surface area contributed by atoms with E-state index in [4.69, 9.17) is 9.72 Å². The van der Waals surface area contributed by atoms with Gasteiger partial charge >= 0.3 is 12.2 Å². The number of terminal acetylenes is 2. The average molecular weight is 879 g/mol. The number of amides is 4. The molecular weight excluding hydrogens is 813 g/mol. The number of imidazole rings is 2. The van der Waals surface area contributed by atoms with Crippen molar-refractivity contribution in [2.45, 2.75) is 100 Å². The van der Waals surface area contributed by atoms with Crippen LogP contribution in [0.3, 0.4) is 0 Å².